The van der Waals surface area contributed by atoms with Gasteiger partial charge in [-0.2, -0.15) is 5.10 Å². The van der Waals surface area contributed by atoms with Gasteiger partial charge in [-0.3, -0.25) is 9.48 Å². The van der Waals surface area contributed by atoms with Crippen molar-refractivity contribution < 1.29 is 27.8 Å². The number of aryl methyl sites for hydroxylation is 1. The average Bonchev–Trinajstić information content (AvgIpc) is 3.58. The zero-order chi connectivity index (χ0) is 26.4. The number of rotatable bonds is 6. The van der Waals surface area contributed by atoms with E-state index < -0.39 is 47.5 Å². The smallest absolute Gasteiger partial charge is 0.277 e. The van der Waals surface area contributed by atoms with Crippen molar-refractivity contribution >= 4 is 27.9 Å². The number of aliphatic hydroxyl groups excluding tert-OH is 1. The van der Waals surface area contributed by atoms with Crippen LogP contribution in [0.1, 0.15) is 59.6 Å². The molecule has 1 amide bonds. The number of thiazole rings is 1. The summed E-state index contributed by atoms with van der Waals surface area (Å²) in [5.74, 6) is -2.50. The van der Waals surface area contributed by atoms with Crippen LogP contribution in [-0.4, -0.2) is 44.6 Å². The van der Waals surface area contributed by atoms with Crippen LogP contribution in [0.5, 0.6) is 0 Å². The van der Waals surface area contributed by atoms with E-state index in [0.29, 0.717) is 24.2 Å². The van der Waals surface area contributed by atoms with Crippen LogP contribution in [0.4, 0.5) is 23.9 Å². The van der Waals surface area contributed by atoms with E-state index >= 15 is 0 Å². The van der Waals surface area contributed by atoms with Gasteiger partial charge in [0.05, 0.1) is 35.9 Å². The van der Waals surface area contributed by atoms with E-state index in [1.54, 1.807) is 7.05 Å². The molecule has 2 aliphatic rings. The molecule has 1 saturated carbocycles. The lowest BCUT2D eigenvalue weighted by molar-refractivity contribution is 0.0247. The van der Waals surface area contributed by atoms with E-state index in [2.05, 4.69) is 15.4 Å². The SMILES string of the molecule is Cn1ncc(NC(=O)c2nc(-c3c(F)cc(C(O)C4CC4)cc3F)sc2N)c1[C@@H]1CC[C@@H](N)[C@H](F)CO1. The van der Waals surface area contributed by atoms with E-state index in [0.717, 1.165) is 36.3 Å². The molecule has 198 valence electrons. The van der Waals surface area contributed by atoms with Gasteiger partial charge in [-0.1, -0.05) is 11.3 Å². The second-order valence-corrected chi connectivity index (χ2v) is 10.5. The Morgan fingerprint density at radius 2 is 1.97 bits per heavy atom. The molecule has 9 nitrogen and oxygen atoms in total. The molecule has 2 aromatic heterocycles. The summed E-state index contributed by atoms with van der Waals surface area (Å²) in [5, 5.41) is 17.0. The lowest BCUT2D eigenvalue weighted by Gasteiger charge is -2.17. The van der Waals surface area contributed by atoms with Gasteiger partial charge >= 0.3 is 0 Å². The Morgan fingerprint density at radius 1 is 1.27 bits per heavy atom. The number of alkyl halides is 1. The first-order valence-electron chi connectivity index (χ1n) is 11.9. The summed E-state index contributed by atoms with van der Waals surface area (Å²) in [7, 11) is 1.66. The monoisotopic (exact) mass is 536 g/mol. The number of nitrogens with zero attached hydrogens (tertiary/aromatic N) is 3. The number of nitrogens with one attached hydrogen (secondary N) is 1. The van der Waals surface area contributed by atoms with Crippen LogP contribution in [0, 0.1) is 17.6 Å². The number of carbonyl (C=O) groups excluding carboxylic acids is 1. The van der Waals surface area contributed by atoms with Gasteiger partial charge in [-0.25, -0.2) is 18.2 Å². The largest absolute Gasteiger partial charge is 0.389 e. The summed E-state index contributed by atoms with van der Waals surface area (Å²) in [4.78, 5) is 17.2. The number of carbonyl (C=O) groups is 1. The third-order valence-electron chi connectivity index (χ3n) is 6.78. The normalized spacial score (nSPS) is 23.0. The highest BCUT2D eigenvalue weighted by Crippen LogP contribution is 2.43. The standard InChI is InChI=1S/C24H27F3N6O3S/c1-33-20(17-5-4-15(28)14(27)9-36-17)16(8-30-33)31-23(35)19-22(29)37-24(32-19)18-12(25)6-11(7-13(18)26)21(34)10-2-3-10/h6-8,10,14-15,17,21,34H,2-5,9,28-29H2,1H3,(H,31,35)/t14-,15-,17+,21?/m1/s1. The molecule has 0 bridgehead atoms. The highest BCUT2D eigenvalue weighted by atomic mass is 32.1. The number of benzene rings is 1. The maximum atomic E-state index is 14.9. The summed E-state index contributed by atoms with van der Waals surface area (Å²) in [6, 6.07) is 1.53. The van der Waals surface area contributed by atoms with Crippen LogP contribution in [-0.2, 0) is 11.8 Å². The Morgan fingerprint density at radius 3 is 2.65 bits per heavy atom. The minimum atomic E-state index is -1.30. The first kappa shape index (κ1) is 25.6. The Hall–Kier alpha value is -3.00. The van der Waals surface area contributed by atoms with Crippen molar-refractivity contribution in [2.75, 3.05) is 17.7 Å². The molecule has 4 atom stereocenters. The lowest BCUT2D eigenvalue weighted by Crippen LogP contribution is -2.32. The number of halogens is 3. The molecular formula is C24H27F3N6O3S. The van der Waals surface area contributed by atoms with E-state index in [-0.39, 0.29) is 33.8 Å². The van der Waals surface area contributed by atoms with Crippen molar-refractivity contribution in [3.63, 3.8) is 0 Å². The molecule has 2 fully saturated rings. The number of aliphatic hydroxyl groups is 1. The van der Waals surface area contributed by atoms with Gasteiger partial charge in [0.15, 0.2) is 5.69 Å². The molecule has 6 N–H and O–H groups in total. The summed E-state index contributed by atoms with van der Waals surface area (Å²) >= 11 is 0.771. The van der Waals surface area contributed by atoms with Gasteiger partial charge in [-0.05, 0) is 49.3 Å². The van der Waals surface area contributed by atoms with Gasteiger partial charge in [-0.15, -0.1) is 0 Å². The fraction of sp³-hybridized carbons (Fsp3) is 0.458. The van der Waals surface area contributed by atoms with E-state index in [1.165, 1.54) is 10.9 Å². The minimum Gasteiger partial charge on any atom is -0.389 e. The first-order chi connectivity index (χ1) is 17.6. The molecule has 13 heteroatoms. The number of ether oxygens (including phenoxy) is 1. The number of hydrogen-bond donors (Lipinski definition) is 4. The van der Waals surface area contributed by atoms with Crippen LogP contribution in [0.15, 0.2) is 18.3 Å². The predicted octanol–water partition coefficient (Wildman–Crippen LogP) is 3.62. The van der Waals surface area contributed by atoms with Crippen molar-refractivity contribution in [1.82, 2.24) is 14.8 Å². The van der Waals surface area contributed by atoms with Crippen molar-refractivity contribution in [3.8, 4) is 10.6 Å². The van der Waals surface area contributed by atoms with Crippen LogP contribution >= 0.6 is 11.3 Å². The summed E-state index contributed by atoms with van der Waals surface area (Å²) in [6.45, 7) is -0.180. The third-order valence-corrected chi connectivity index (χ3v) is 7.68. The zero-order valence-electron chi connectivity index (χ0n) is 20.0. The van der Waals surface area contributed by atoms with Gasteiger partial charge in [0.2, 0.25) is 0 Å². The molecule has 3 aromatic rings. The quantitative estimate of drug-likeness (QED) is 0.377. The van der Waals surface area contributed by atoms with E-state index in [4.69, 9.17) is 16.2 Å². The Kier molecular flexibility index (Phi) is 6.96. The zero-order valence-corrected chi connectivity index (χ0v) is 20.8. The van der Waals surface area contributed by atoms with Crippen LogP contribution in [0.2, 0.25) is 0 Å². The second-order valence-electron chi connectivity index (χ2n) is 9.47. The van der Waals surface area contributed by atoms with Crippen molar-refractivity contribution in [2.45, 2.75) is 50.1 Å². The van der Waals surface area contributed by atoms with Crippen LogP contribution < -0.4 is 16.8 Å². The van der Waals surface area contributed by atoms with Crippen molar-refractivity contribution in [1.29, 1.82) is 0 Å². The van der Waals surface area contributed by atoms with Gasteiger partial charge < -0.3 is 26.6 Å². The highest BCUT2D eigenvalue weighted by Gasteiger charge is 2.33. The Bertz CT molecular complexity index is 1290. The Balaban J connectivity index is 1.38. The van der Waals surface area contributed by atoms with Crippen molar-refractivity contribution in [2.24, 2.45) is 18.7 Å². The number of aromatic nitrogens is 3. The van der Waals surface area contributed by atoms with Gasteiger partial charge in [0, 0.05) is 13.1 Å². The number of amides is 1. The first-order valence-corrected chi connectivity index (χ1v) is 12.7. The molecule has 37 heavy (non-hydrogen) atoms. The van der Waals surface area contributed by atoms with Gasteiger partial charge in [0.25, 0.3) is 5.91 Å². The fourth-order valence-corrected chi connectivity index (χ4v) is 5.39. The maximum absolute atomic E-state index is 14.9. The van der Waals surface area contributed by atoms with E-state index in [1.807, 2.05) is 0 Å². The average molecular weight is 537 g/mol. The topological polar surface area (TPSA) is 141 Å². The third kappa shape index (κ3) is 5.08. The lowest BCUT2D eigenvalue weighted by atomic mass is 10.0. The minimum absolute atomic E-state index is 0.00587. The summed E-state index contributed by atoms with van der Waals surface area (Å²) in [6.07, 6.45) is 1.07. The summed E-state index contributed by atoms with van der Waals surface area (Å²) < 4.78 is 51.0. The molecular weight excluding hydrogens is 509 g/mol. The molecule has 0 radical (unpaired) electrons. The molecule has 1 unspecified atom stereocenters. The molecule has 1 aliphatic carbocycles. The highest BCUT2D eigenvalue weighted by molar-refractivity contribution is 7.19. The maximum Gasteiger partial charge on any atom is 0.277 e. The molecule has 0 spiro atoms. The van der Waals surface area contributed by atoms with Crippen LogP contribution in [0.3, 0.4) is 0 Å². The molecule has 1 aliphatic heterocycles. The summed E-state index contributed by atoms with van der Waals surface area (Å²) in [5.41, 5.74) is 12.2. The second kappa shape index (κ2) is 10.0. The number of nitrogen functional groups attached to an aromatic ring is 1. The van der Waals surface area contributed by atoms with Crippen molar-refractivity contribution in [3.05, 3.63) is 46.9 Å². The molecule has 1 aromatic carbocycles. The predicted molar refractivity (Wildman–Crippen MR) is 132 cm³/mol. The molecule has 5 rings (SSSR count). The number of anilines is 2. The fourth-order valence-electron chi connectivity index (χ4n) is 4.52. The molecule has 1 saturated heterocycles. The van der Waals surface area contributed by atoms with Crippen LogP contribution in [0.25, 0.3) is 10.6 Å². The van der Waals surface area contributed by atoms with E-state index in [9.17, 15) is 23.1 Å². The number of nitrogens with two attached hydrogens (primary N) is 2. The van der Waals surface area contributed by atoms with Gasteiger partial charge in [0.1, 0.15) is 33.9 Å². The Labute approximate surface area is 214 Å². The molecule has 3 heterocycles. The number of hydrogen-bond acceptors (Lipinski definition) is 8.